The Bertz CT molecular complexity index is 783. The van der Waals surface area contributed by atoms with Gasteiger partial charge in [0.15, 0.2) is 12.6 Å². The number of nitrogens with one attached hydrogen (secondary N) is 2. The van der Waals surface area contributed by atoms with E-state index in [9.17, 15) is 9.59 Å². The summed E-state index contributed by atoms with van der Waals surface area (Å²) in [5.41, 5.74) is 4.86. The Morgan fingerprint density at radius 3 is 2.79 bits per heavy atom. The standard InChI is InChI=1S/C14H11N3O2/c1-8-10(5-18)14(17-13(8)6-19)9-2-3-11-12(4-9)16-7-15-11/h2-7,17H,1H3,(H,15,16). The molecule has 5 heteroatoms. The van der Waals surface area contributed by atoms with Gasteiger partial charge in [0.25, 0.3) is 0 Å². The van der Waals surface area contributed by atoms with Crippen molar-refractivity contribution in [2.45, 2.75) is 6.92 Å². The maximum atomic E-state index is 11.2. The van der Waals surface area contributed by atoms with Crippen molar-refractivity contribution in [2.75, 3.05) is 0 Å². The summed E-state index contributed by atoms with van der Waals surface area (Å²) in [5.74, 6) is 0. The zero-order chi connectivity index (χ0) is 13.4. The van der Waals surface area contributed by atoms with E-state index in [1.165, 1.54) is 0 Å². The van der Waals surface area contributed by atoms with Crippen molar-refractivity contribution in [1.82, 2.24) is 15.0 Å². The molecule has 0 aliphatic heterocycles. The van der Waals surface area contributed by atoms with Crippen LogP contribution in [0.5, 0.6) is 0 Å². The molecular formula is C14H11N3O2. The summed E-state index contributed by atoms with van der Waals surface area (Å²) in [4.78, 5) is 32.3. The molecule has 3 aromatic rings. The Kier molecular flexibility index (Phi) is 2.52. The molecule has 0 saturated heterocycles. The van der Waals surface area contributed by atoms with Crippen molar-refractivity contribution in [3.05, 3.63) is 41.3 Å². The maximum Gasteiger partial charge on any atom is 0.166 e. The molecule has 0 spiro atoms. The second kappa shape index (κ2) is 4.20. The first-order valence-corrected chi connectivity index (χ1v) is 5.81. The molecule has 2 heterocycles. The van der Waals surface area contributed by atoms with Crippen molar-refractivity contribution in [3.63, 3.8) is 0 Å². The minimum atomic E-state index is 0.432. The van der Waals surface area contributed by atoms with Crippen LogP contribution in [0.1, 0.15) is 26.4 Å². The minimum Gasteiger partial charge on any atom is -0.352 e. The number of aromatic nitrogens is 3. The highest BCUT2D eigenvalue weighted by molar-refractivity contribution is 5.94. The number of carbonyl (C=O) groups is 2. The molecular weight excluding hydrogens is 242 g/mol. The van der Waals surface area contributed by atoms with E-state index in [4.69, 9.17) is 0 Å². The van der Waals surface area contributed by atoms with Crippen LogP contribution < -0.4 is 0 Å². The smallest absolute Gasteiger partial charge is 0.166 e. The Morgan fingerprint density at radius 1 is 1.21 bits per heavy atom. The Morgan fingerprint density at radius 2 is 2.05 bits per heavy atom. The first kappa shape index (κ1) is 11.4. The largest absolute Gasteiger partial charge is 0.352 e. The van der Waals surface area contributed by atoms with Crippen LogP contribution in [0.15, 0.2) is 24.5 Å². The molecule has 0 bridgehead atoms. The fourth-order valence-corrected chi connectivity index (χ4v) is 2.21. The number of benzene rings is 1. The molecule has 2 N–H and O–H groups in total. The molecule has 94 valence electrons. The van der Waals surface area contributed by atoms with E-state index in [1.54, 1.807) is 13.3 Å². The lowest BCUT2D eigenvalue weighted by Gasteiger charge is -2.00. The van der Waals surface area contributed by atoms with E-state index in [-0.39, 0.29) is 0 Å². The van der Waals surface area contributed by atoms with Crippen molar-refractivity contribution in [1.29, 1.82) is 0 Å². The summed E-state index contributed by atoms with van der Waals surface area (Å²) in [6.07, 6.45) is 3.11. The van der Waals surface area contributed by atoms with Gasteiger partial charge in [-0.1, -0.05) is 6.07 Å². The number of aldehydes is 2. The highest BCUT2D eigenvalue weighted by Gasteiger charge is 2.15. The summed E-state index contributed by atoms with van der Waals surface area (Å²) in [7, 11) is 0. The van der Waals surface area contributed by atoms with Crippen LogP contribution >= 0.6 is 0 Å². The molecule has 1 aromatic carbocycles. The number of hydrogen-bond acceptors (Lipinski definition) is 3. The Balaban J connectivity index is 2.25. The van der Waals surface area contributed by atoms with Gasteiger partial charge in [0.1, 0.15) is 0 Å². The zero-order valence-corrected chi connectivity index (χ0v) is 10.2. The highest BCUT2D eigenvalue weighted by Crippen LogP contribution is 2.27. The first-order valence-electron chi connectivity index (χ1n) is 5.81. The van der Waals surface area contributed by atoms with Gasteiger partial charge in [0.2, 0.25) is 0 Å². The SMILES string of the molecule is Cc1c(C=O)[nH]c(-c2ccc3nc[nH]c3c2)c1C=O. The number of hydrogen-bond donors (Lipinski definition) is 2. The van der Waals surface area contributed by atoms with Crippen LogP contribution in [0.2, 0.25) is 0 Å². The molecule has 5 nitrogen and oxygen atoms in total. The third-order valence-corrected chi connectivity index (χ3v) is 3.28. The van der Waals surface area contributed by atoms with Gasteiger partial charge in [0.05, 0.1) is 28.7 Å². The van der Waals surface area contributed by atoms with Gasteiger partial charge < -0.3 is 9.97 Å². The van der Waals surface area contributed by atoms with Gasteiger partial charge in [-0.3, -0.25) is 9.59 Å². The van der Waals surface area contributed by atoms with E-state index in [0.717, 1.165) is 29.2 Å². The fourth-order valence-electron chi connectivity index (χ4n) is 2.21. The Labute approximate surface area is 108 Å². The third kappa shape index (κ3) is 1.67. The molecule has 0 aliphatic carbocycles. The van der Waals surface area contributed by atoms with Gasteiger partial charge >= 0.3 is 0 Å². The molecule has 19 heavy (non-hydrogen) atoms. The maximum absolute atomic E-state index is 11.2. The summed E-state index contributed by atoms with van der Waals surface area (Å²) in [6, 6.07) is 5.64. The quantitative estimate of drug-likeness (QED) is 0.704. The molecule has 0 aliphatic rings. The summed E-state index contributed by atoms with van der Waals surface area (Å²) in [6.45, 7) is 1.75. The number of carbonyl (C=O) groups excluding carboxylic acids is 2. The molecule has 0 saturated carbocycles. The molecule has 0 amide bonds. The van der Waals surface area contributed by atoms with Crippen LogP contribution in [0.3, 0.4) is 0 Å². The number of rotatable bonds is 3. The van der Waals surface area contributed by atoms with Crippen molar-refractivity contribution < 1.29 is 9.59 Å². The number of aromatic amines is 2. The number of fused-ring (bicyclic) bond motifs is 1. The van der Waals surface area contributed by atoms with E-state index in [0.29, 0.717) is 22.5 Å². The van der Waals surface area contributed by atoms with Gasteiger partial charge in [-0.05, 0) is 24.6 Å². The van der Waals surface area contributed by atoms with Crippen LogP contribution in [0, 0.1) is 6.92 Å². The van der Waals surface area contributed by atoms with E-state index in [1.807, 2.05) is 18.2 Å². The minimum absolute atomic E-state index is 0.432. The fraction of sp³-hybridized carbons (Fsp3) is 0.0714. The van der Waals surface area contributed by atoms with Gasteiger partial charge in [-0.15, -0.1) is 0 Å². The first-order chi connectivity index (χ1) is 9.24. The highest BCUT2D eigenvalue weighted by atomic mass is 16.1. The molecule has 0 unspecified atom stereocenters. The lowest BCUT2D eigenvalue weighted by atomic mass is 10.1. The Hall–Kier alpha value is -2.69. The molecule has 2 aromatic heterocycles. The van der Waals surface area contributed by atoms with Crippen LogP contribution in [-0.2, 0) is 0 Å². The van der Waals surface area contributed by atoms with E-state index >= 15 is 0 Å². The molecule has 0 fully saturated rings. The second-order valence-electron chi connectivity index (χ2n) is 4.32. The van der Waals surface area contributed by atoms with E-state index < -0.39 is 0 Å². The summed E-state index contributed by atoms with van der Waals surface area (Å²) >= 11 is 0. The van der Waals surface area contributed by atoms with Gasteiger partial charge in [-0.25, -0.2) is 4.98 Å². The predicted octanol–water partition coefficient (Wildman–Crippen LogP) is 2.49. The zero-order valence-electron chi connectivity index (χ0n) is 10.2. The van der Waals surface area contributed by atoms with Gasteiger partial charge in [-0.2, -0.15) is 0 Å². The lowest BCUT2D eigenvalue weighted by Crippen LogP contribution is -1.86. The van der Waals surface area contributed by atoms with Crippen LogP contribution in [0.25, 0.3) is 22.3 Å². The summed E-state index contributed by atoms with van der Waals surface area (Å²) < 4.78 is 0. The van der Waals surface area contributed by atoms with E-state index in [2.05, 4.69) is 15.0 Å². The third-order valence-electron chi connectivity index (χ3n) is 3.28. The van der Waals surface area contributed by atoms with Crippen molar-refractivity contribution >= 4 is 23.6 Å². The molecule has 3 rings (SSSR count). The van der Waals surface area contributed by atoms with Crippen LogP contribution in [0.4, 0.5) is 0 Å². The number of nitrogens with zero attached hydrogens (tertiary/aromatic N) is 1. The van der Waals surface area contributed by atoms with Gasteiger partial charge in [0, 0.05) is 11.1 Å². The van der Waals surface area contributed by atoms with Crippen molar-refractivity contribution in [2.24, 2.45) is 0 Å². The number of imidazole rings is 1. The number of H-pyrrole nitrogens is 2. The predicted molar refractivity (Wildman–Crippen MR) is 71.4 cm³/mol. The topological polar surface area (TPSA) is 78.6 Å². The van der Waals surface area contributed by atoms with Crippen LogP contribution in [-0.4, -0.2) is 27.5 Å². The summed E-state index contributed by atoms with van der Waals surface area (Å²) in [5, 5.41) is 0. The average Bonchev–Trinajstić information content (AvgIpc) is 3.01. The molecule has 0 atom stereocenters. The lowest BCUT2D eigenvalue weighted by molar-refractivity contribution is 0.111. The molecule has 0 radical (unpaired) electrons. The second-order valence-corrected chi connectivity index (χ2v) is 4.32. The normalized spacial score (nSPS) is 10.8. The van der Waals surface area contributed by atoms with Crippen molar-refractivity contribution in [3.8, 4) is 11.3 Å². The average molecular weight is 253 g/mol. The monoisotopic (exact) mass is 253 g/mol.